The van der Waals surface area contributed by atoms with Gasteiger partial charge in [0.1, 0.15) is 6.54 Å². The third kappa shape index (κ3) is 2.30. The van der Waals surface area contributed by atoms with E-state index in [1.807, 2.05) is 0 Å². The molecule has 7 heteroatoms. The van der Waals surface area contributed by atoms with E-state index in [0.29, 0.717) is 10.9 Å². The predicted octanol–water partition coefficient (Wildman–Crippen LogP) is 0.467. The van der Waals surface area contributed by atoms with Crippen LogP contribution < -0.4 is 11.2 Å². The van der Waals surface area contributed by atoms with Gasteiger partial charge in [-0.05, 0) is 40.8 Å². The Labute approximate surface area is 115 Å². The first-order valence-corrected chi connectivity index (χ1v) is 6.10. The van der Waals surface area contributed by atoms with Gasteiger partial charge in [0.25, 0.3) is 5.56 Å². The SMILES string of the molecule is COC(=O)Cn1c(=O)[nH]c2ccc(I)cc2c1=O. The molecule has 0 aliphatic carbocycles. The summed E-state index contributed by atoms with van der Waals surface area (Å²) in [6, 6.07) is 5.09. The summed E-state index contributed by atoms with van der Waals surface area (Å²) < 4.78 is 6.14. The maximum Gasteiger partial charge on any atom is 0.329 e. The second-order valence-corrected chi connectivity index (χ2v) is 4.83. The van der Waals surface area contributed by atoms with Crippen LogP contribution in [0.15, 0.2) is 27.8 Å². The predicted molar refractivity (Wildman–Crippen MR) is 73.6 cm³/mol. The number of nitrogens with zero attached hydrogens (tertiary/aromatic N) is 1. The number of halogens is 1. The van der Waals surface area contributed by atoms with Crippen LogP contribution in [-0.2, 0) is 16.1 Å². The van der Waals surface area contributed by atoms with Gasteiger partial charge in [0.15, 0.2) is 0 Å². The molecule has 2 aromatic rings. The summed E-state index contributed by atoms with van der Waals surface area (Å²) in [7, 11) is 1.20. The van der Waals surface area contributed by atoms with Crippen LogP contribution in [0.25, 0.3) is 10.9 Å². The molecule has 0 unspecified atom stereocenters. The highest BCUT2D eigenvalue weighted by Gasteiger charge is 2.11. The Hall–Kier alpha value is -1.64. The Morgan fingerprint density at radius 2 is 2.17 bits per heavy atom. The second kappa shape index (κ2) is 4.92. The van der Waals surface area contributed by atoms with Gasteiger partial charge in [0.2, 0.25) is 0 Å². The van der Waals surface area contributed by atoms with Gasteiger partial charge in [-0.25, -0.2) is 9.36 Å². The number of ether oxygens (including phenoxy) is 1. The lowest BCUT2D eigenvalue weighted by Gasteiger charge is -2.05. The normalized spacial score (nSPS) is 10.6. The molecule has 1 aromatic carbocycles. The maximum absolute atomic E-state index is 12.1. The summed E-state index contributed by atoms with van der Waals surface area (Å²) in [5, 5.41) is 0.366. The Morgan fingerprint density at radius 3 is 2.83 bits per heavy atom. The Bertz CT molecular complexity index is 732. The molecule has 1 aromatic heterocycles. The number of H-pyrrole nitrogens is 1. The largest absolute Gasteiger partial charge is 0.468 e. The van der Waals surface area contributed by atoms with E-state index < -0.39 is 23.8 Å². The fourth-order valence-electron chi connectivity index (χ4n) is 1.56. The van der Waals surface area contributed by atoms with E-state index in [2.05, 4.69) is 32.3 Å². The highest BCUT2D eigenvalue weighted by Crippen LogP contribution is 2.10. The van der Waals surface area contributed by atoms with E-state index in [-0.39, 0.29) is 0 Å². The lowest BCUT2D eigenvalue weighted by atomic mass is 10.2. The molecule has 6 nitrogen and oxygen atoms in total. The molecule has 0 atom stereocenters. The minimum atomic E-state index is -0.646. The standard InChI is InChI=1S/C11H9IN2O4/c1-18-9(15)5-14-10(16)7-4-6(12)2-3-8(7)13-11(14)17/h2-4H,5H2,1H3,(H,13,17). The lowest BCUT2D eigenvalue weighted by Crippen LogP contribution is -2.37. The average Bonchev–Trinajstić information content (AvgIpc) is 2.35. The zero-order valence-electron chi connectivity index (χ0n) is 9.40. The number of benzene rings is 1. The fourth-order valence-corrected chi connectivity index (χ4v) is 2.05. The van der Waals surface area contributed by atoms with Gasteiger partial charge in [-0.1, -0.05) is 0 Å². The van der Waals surface area contributed by atoms with Crippen molar-refractivity contribution in [2.75, 3.05) is 7.11 Å². The van der Waals surface area contributed by atoms with Gasteiger partial charge in [-0.3, -0.25) is 9.59 Å². The topological polar surface area (TPSA) is 81.2 Å². The molecule has 0 bridgehead atoms. The Kier molecular flexibility index (Phi) is 3.50. The molecule has 0 fully saturated rings. The first kappa shape index (κ1) is 12.8. The zero-order chi connectivity index (χ0) is 13.3. The molecule has 0 aliphatic heterocycles. The summed E-state index contributed by atoms with van der Waals surface area (Å²) in [6.07, 6.45) is 0. The minimum absolute atomic E-state index is 0.366. The number of hydrogen-bond acceptors (Lipinski definition) is 4. The van der Waals surface area contributed by atoms with Crippen LogP contribution >= 0.6 is 22.6 Å². The van der Waals surface area contributed by atoms with Gasteiger partial charge in [0, 0.05) is 3.57 Å². The third-order valence-electron chi connectivity index (χ3n) is 2.46. The van der Waals surface area contributed by atoms with Crippen molar-refractivity contribution in [3.63, 3.8) is 0 Å². The molecule has 0 saturated carbocycles. The van der Waals surface area contributed by atoms with Crippen LogP contribution in [0.2, 0.25) is 0 Å². The first-order valence-electron chi connectivity index (χ1n) is 5.02. The number of carbonyl (C=O) groups excluding carboxylic acids is 1. The quantitative estimate of drug-likeness (QED) is 0.624. The van der Waals surface area contributed by atoms with Crippen LogP contribution in [-0.4, -0.2) is 22.6 Å². The molecule has 0 aliphatic rings. The minimum Gasteiger partial charge on any atom is -0.468 e. The summed E-state index contributed by atoms with van der Waals surface area (Å²) >= 11 is 2.07. The van der Waals surface area contributed by atoms with Crippen LogP contribution in [0.1, 0.15) is 0 Å². The van der Waals surface area contributed by atoms with Gasteiger partial charge in [-0.15, -0.1) is 0 Å². The van der Waals surface area contributed by atoms with E-state index in [9.17, 15) is 14.4 Å². The Balaban J connectivity index is 2.71. The number of carbonyl (C=O) groups is 1. The summed E-state index contributed by atoms with van der Waals surface area (Å²) in [4.78, 5) is 37.5. The number of aromatic nitrogens is 2. The average molecular weight is 360 g/mol. The second-order valence-electron chi connectivity index (χ2n) is 3.59. The number of esters is 1. The van der Waals surface area contributed by atoms with Crippen LogP contribution in [0, 0.1) is 3.57 Å². The van der Waals surface area contributed by atoms with Crippen molar-refractivity contribution in [1.82, 2.24) is 9.55 Å². The van der Waals surface area contributed by atoms with Gasteiger partial charge in [-0.2, -0.15) is 0 Å². The Morgan fingerprint density at radius 1 is 1.44 bits per heavy atom. The van der Waals surface area contributed by atoms with Crippen LogP contribution in [0.3, 0.4) is 0 Å². The van der Waals surface area contributed by atoms with E-state index in [1.54, 1.807) is 18.2 Å². The van der Waals surface area contributed by atoms with Crippen molar-refractivity contribution in [3.05, 3.63) is 42.6 Å². The monoisotopic (exact) mass is 360 g/mol. The smallest absolute Gasteiger partial charge is 0.329 e. The molecule has 1 N–H and O–H groups in total. The van der Waals surface area contributed by atoms with Crippen molar-refractivity contribution < 1.29 is 9.53 Å². The number of methoxy groups -OCH3 is 1. The molecule has 18 heavy (non-hydrogen) atoms. The lowest BCUT2D eigenvalue weighted by molar-refractivity contribution is -0.141. The highest BCUT2D eigenvalue weighted by molar-refractivity contribution is 14.1. The summed E-state index contributed by atoms with van der Waals surface area (Å²) in [5.74, 6) is -0.646. The molecule has 0 radical (unpaired) electrons. The number of hydrogen-bond donors (Lipinski definition) is 1. The number of fused-ring (bicyclic) bond motifs is 1. The van der Waals surface area contributed by atoms with Crippen molar-refractivity contribution in [2.45, 2.75) is 6.54 Å². The van der Waals surface area contributed by atoms with E-state index >= 15 is 0 Å². The molecule has 2 rings (SSSR count). The summed E-state index contributed by atoms with van der Waals surface area (Å²) in [6.45, 7) is -0.397. The van der Waals surface area contributed by atoms with Crippen molar-refractivity contribution in [1.29, 1.82) is 0 Å². The van der Waals surface area contributed by atoms with Crippen molar-refractivity contribution in [2.24, 2.45) is 0 Å². The summed E-state index contributed by atoms with van der Waals surface area (Å²) in [5.41, 5.74) is -0.677. The van der Waals surface area contributed by atoms with Gasteiger partial charge >= 0.3 is 11.7 Å². The van der Waals surface area contributed by atoms with E-state index in [0.717, 1.165) is 8.14 Å². The molecule has 0 amide bonds. The van der Waals surface area contributed by atoms with Crippen LogP contribution in [0.4, 0.5) is 0 Å². The highest BCUT2D eigenvalue weighted by atomic mass is 127. The molecule has 0 saturated heterocycles. The zero-order valence-corrected chi connectivity index (χ0v) is 11.6. The van der Waals surface area contributed by atoms with E-state index in [4.69, 9.17) is 0 Å². The van der Waals surface area contributed by atoms with Crippen molar-refractivity contribution in [3.8, 4) is 0 Å². The number of nitrogens with one attached hydrogen (secondary N) is 1. The molecule has 94 valence electrons. The first-order chi connectivity index (χ1) is 8.52. The van der Waals surface area contributed by atoms with Crippen LogP contribution in [0.5, 0.6) is 0 Å². The third-order valence-corrected chi connectivity index (χ3v) is 3.13. The maximum atomic E-state index is 12.1. The van der Waals surface area contributed by atoms with Gasteiger partial charge < -0.3 is 9.72 Å². The molecular formula is C11H9IN2O4. The number of aromatic amines is 1. The van der Waals surface area contributed by atoms with Gasteiger partial charge in [0.05, 0.1) is 18.0 Å². The molecule has 0 spiro atoms. The van der Waals surface area contributed by atoms with E-state index in [1.165, 1.54) is 7.11 Å². The molecule has 1 heterocycles. The fraction of sp³-hybridized carbons (Fsp3) is 0.182. The number of rotatable bonds is 2. The molecular weight excluding hydrogens is 351 g/mol. The van der Waals surface area contributed by atoms with Crippen molar-refractivity contribution >= 4 is 39.5 Å².